The molecule has 4 N–H and O–H groups in total. The lowest BCUT2D eigenvalue weighted by molar-refractivity contribution is 0.413. The molecule has 6 nitrogen and oxygen atoms in total. The minimum absolute atomic E-state index is 0.0524. The number of benzene rings is 1. The van der Waals surface area contributed by atoms with Crippen molar-refractivity contribution < 1.29 is 4.74 Å². The largest absolute Gasteiger partial charge is 0.497 e. The molecule has 1 aromatic heterocycles. The highest BCUT2D eigenvalue weighted by atomic mass is 32.2. The SMILES string of the molecule is COc1ccc(C(=N)N)c(Sc2nccc(=O)[nH]2)c1. The average Bonchev–Trinajstić information content (AvgIpc) is 2.38. The fraction of sp³-hybridized carbons (Fsp3) is 0.0833. The number of methoxy groups -OCH3 is 1. The van der Waals surface area contributed by atoms with Crippen LogP contribution in [0, 0.1) is 5.41 Å². The van der Waals surface area contributed by atoms with Gasteiger partial charge >= 0.3 is 0 Å². The first kappa shape index (κ1) is 13.2. The fourth-order valence-corrected chi connectivity index (χ4v) is 2.38. The predicted octanol–water partition coefficient (Wildman–Crippen LogP) is 1.21. The summed E-state index contributed by atoms with van der Waals surface area (Å²) in [6, 6.07) is 6.50. The third-order valence-corrected chi connectivity index (χ3v) is 3.29. The van der Waals surface area contributed by atoms with Crippen LogP contribution in [0.15, 0.2) is 45.3 Å². The van der Waals surface area contributed by atoms with Crippen molar-refractivity contribution in [1.82, 2.24) is 9.97 Å². The van der Waals surface area contributed by atoms with Gasteiger partial charge in [0.15, 0.2) is 5.16 Å². The molecule has 0 spiro atoms. The Morgan fingerprint density at radius 3 is 2.89 bits per heavy atom. The van der Waals surface area contributed by atoms with E-state index < -0.39 is 0 Å². The van der Waals surface area contributed by atoms with Gasteiger partial charge in [-0.15, -0.1) is 0 Å². The zero-order valence-corrected chi connectivity index (χ0v) is 11.0. The van der Waals surface area contributed by atoms with Crippen molar-refractivity contribution in [2.75, 3.05) is 7.11 Å². The molecule has 0 amide bonds. The summed E-state index contributed by atoms with van der Waals surface area (Å²) >= 11 is 1.22. The van der Waals surface area contributed by atoms with E-state index in [-0.39, 0.29) is 11.4 Å². The number of hydrogen-bond donors (Lipinski definition) is 3. The number of nitrogens with one attached hydrogen (secondary N) is 2. The van der Waals surface area contributed by atoms with Gasteiger partial charge in [0.05, 0.1) is 7.11 Å². The molecular weight excluding hydrogens is 264 g/mol. The van der Waals surface area contributed by atoms with Gasteiger partial charge in [-0.2, -0.15) is 0 Å². The number of nitrogens with zero attached hydrogens (tertiary/aromatic N) is 1. The summed E-state index contributed by atoms with van der Waals surface area (Å²) in [7, 11) is 1.56. The lowest BCUT2D eigenvalue weighted by atomic mass is 10.2. The molecule has 0 fully saturated rings. The van der Waals surface area contributed by atoms with Gasteiger partial charge in [-0.25, -0.2) is 4.98 Å². The zero-order valence-electron chi connectivity index (χ0n) is 10.1. The molecule has 0 bridgehead atoms. The topological polar surface area (TPSA) is 105 Å². The van der Waals surface area contributed by atoms with E-state index in [0.29, 0.717) is 21.4 Å². The second-order valence-corrected chi connectivity index (χ2v) is 4.65. The highest BCUT2D eigenvalue weighted by Gasteiger charge is 2.10. The van der Waals surface area contributed by atoms with Crippen molar-refractivity contribution in [3.8, 4) is 5.75 Å². The van der Waals surface area contributed by atoms with Gasteiger partial charge in [-0.1, -0.05) is 11.8 Å². The molecule has 19 heavy (non-hydrogen) atoms. The molecule has 0 unspecified atom stereocenters. The summed E-state index contributed by atoms with van der Waals surface area (Å²) in [5.74, 6) is 0.592. The van der Waals surface area contributed by atoms with Gasteiger partial charge in [0.1, 0.15) is 11.6 Å². The number of hydrogen-bond acceptors (Lipinski definition) is 5. The number of ether oxygens (including phenoxy) is 1. The van der Waals surface area contributed by atoms with Crippen molar-refractivity contribution in [1.29, 1.82) is 5.41 Å². The van der Waals surface area contributed by atoms with Crippen molar-refractivity contribution in [3.05, 3.63) is 46.4 Å². The average molecular weight is 276 g/mol. The van der Waals surface area contributed by atoms with Gasteiger partial charge in [0.25, 0.3) is 5.56 Å². The Kier molecular flexibility index (Phi) is 3.86. The summed E-state index contributed by atoms with van der Waals surface area (Å²) < 4.78 is 5.13. The summed E-state index contributed by atoms with van der Waals surface area (Å²) in [5.41, 5.74) is 5.86. The Balaban J connectivity index is 2.42. The van der Waals surface area contributed by atoms with Crippen LogP contribution in [-0.4, -0.2) is 22.9 Å². The van der Waals surface area contributed by atoms with Crippen molar-refractivity contribution >= 4 is 17.6 Å². The Bertz CT molecular complexity index is 669. The normalized spacial score (nSPS) is 10.2. The van der Waals surface area contributed by atoms with E-state index in [2.05, 4.69) is 9.97 Å². The molecule has 0 aliphatic rings. The molecule has 0 saturated carbocycles. The molecule has 0 saturated heterocycles. The number of nitrogens with two attached hydrogens (primary N) is 1. The Morgan fingerprint density at radius 1 is 1.47 bits per heavy atom. The molecule has 7 heteroatoms. The number of amidine groups is 1. The quantitative estimate of drug-likeness (QED) is 0.442. The van der Waals surface area contributed by atoms with Crippen LogP contribution >= 0.6 is 11.8 Å². The second-order valence-electron chi connectivity index (χ2n) is 3.62. The van der Waals surface area contributed by atoms with Crippen molar-refractivity contribution in [3.63, 3.8) is 0 Å². The number of aromatic amines is 1. The van der Waals surface area contributed by atoms with Gasteiger partial charge in [-0.3, -0.25) is 10.2 Å². The van der Waals surface area contributed by atoms with E-state index in [0.717, 1.165) is 0 Å². The molecule has 0 atom stereocenters. The van der Waals surface area contributed by atoms with E-state index in [4.69, 9.17) is 15.9 Å². The minimum Gasteiger partial charge on any atom is -0.497 e. The standard InChI is InChI=1S/C12H12N4O2S/c1-18-7-2-3-8(11(13)14)9(6-7)19-12-15-5-4-10(17)16-12/h2-6H,1H3,(H3,13,14)(H,15,16,17). The molecular formula is C12H12N4O2S. The van der Waals surface area contributed by atoms with Crippen molar-refractivity contribution in [2.45, 2.75) is 10.1 Å². The van der Waals surface area contributed by atoms with Gasteiger partial charge in [-0.05, 0) is 18.2 Å². The van der Waals surface area contributed by atoms with E-state index >= 15 is 0 Å². The summed E-state index contributed by atoms with van der Waals surface area (Å²) in [6.45, 7) is 0. The van der Waals surface area contributed by atoms with Crippen LogP contribution in [0.5, 0.6) is 5.75 Å². The molecule has 0 aliphatic carbocycles. The van der Waals surface area contributed by atoms with Gasteiger partial charge in [0, 0.05) is 22.7 Å². The summed E-state index contributed by atoms with van der Waals surface area (Å²) in [5, 5.41) is 7.98. The van der Waals surface area contributed by atoms with Crippen LogP contribution in [0.4, 0.5) is 0 Å². The van der Waals surface area contributed by atoms with E-state index in [1.165, 1.54) is 24.0 Å². The van der Waals surface area contributed by atoms with Crippen LogP contribution < -0.4 is 16.0 Å². The van der Waals surface area contributed by atoms with E-state index in [9.17, 15) is 4.79 Å². The van der Waals surface area contributed by atoms with Gasteiger partial charge < -0.3 is 15.5 Å². The maximum absolute atomic E-state index is 11.2. The number of aromatic nitrogens is 2. The maximum Gasteiger partial charge on any atom is 0.251 e. The molecule has 1 aromatic carbocycles. The van der Waals surface area contributed by atoms with E-state index in [1.807, 2.05) is 0 Å². The highest BCUT2D eigenvalue weighted by molar-refractivity contribution is 7.99. The Morgan fingerprint density at radius 2 is 2.26 bits per heavy atom. The Labute approximate surface area is 113 Å². The number of rotatable bonds is 4. The van der Waals surface area contributed by atoms with Crippen LogP contribution in [-0.2, 0) is 0 Å². The first-order valence-corrected chi connectivity index (χ1v) is 6.17. The number of H-pyrrole nitrogens is 1. The number of nitrogen functional groups attached to an aromatic ring is 1. The second kappa shape index (κ2) is 5.57. The first-order chi connectivity index (χ1) is 9.10. The van der Waals surface area contributed by atoms with E-state index in [1.54, 1.807) is 25.3 Å². The molecule has 0 aliphatic heterocycles. The lowest BCUT2D eigenvalue weighted by Gasteiger charge is -2.09. The van der Waals surface area contributed by atoms with Gasteiger partial charge in [0.2, 0.25) is 0 Å². The smallest absolute Gasteiger partial charge is 0.251 e. The molecule has 2 rings (SSSR count). The monoisotopic (exact) mass is 276 g/mol. The maximum atomic E-state index is 11.2. The lowest BCUT2D eigenvalue weighted by Crippen LogP contribution is -2.12. The highest BCUT2D eigenvalue weighted by Crippen LogP contribution is 2.30. The van der Waals surface area contributed by atoms with Crippen LogP contribution in [0.2, 0.25) is 0 Å². The third-order valence-electron chi connectivity index (χ3n) is 2.33. The zero-order chi connectivity index (χ0) is 13.8. The summed E-state index contributed by atoms with van der Waals surface area (Å²) in [4.78, 5) is 18.6. The van der Waals surface area contributed by atoms with Crippen LogP contribution in [0.1, 0.15) is 5.56 Å². The molecule has 98 valence electrons. The molecule has 0 radical (unpaired) electrons. The van der Waals surface area contributed by atoms with Crippen molar-refractivity contribution in [2.24, 2.45) is 5.73 Å². The third kappa shape index (κ3) is 3.14. The predicted molar refractivity (Wildman–Crippen MR) is 73.0 cm³/mol. The van der Waals surface area contributed by atoms with Crippen LogP contribution in [0.3, 0.4) is 0 Å². The molecule has 2 aromatic rings. The Hall–Kier alpha value is -2.28. The molecule has 1 heterocycles. The fourth-order valence-electron chi connectivity index (χ4n) is 1.44. The summed E-state index contributed by atoms with van der Waals surface area (Å²) in [6.07, 6.45) is 1.43. The van der Waals surface area contributed by atoms with Crippen LogP contribution in [0.25, 0.3) is 0 Å². The minimum atomic E-state index is -0.232. The first-order valence-electron chi connectivity index (χ1n) is 5.36.